The highest BCUT2D eigenvalue weighted by molar-refractivity contribution is 5.91. The number of carbonyl (C=O) groups excluding carboxylic acids is 1. The van der Waals surface area contributed by atoms with Crippen LogP contribution in [0, 0.1) is 20.8 Å². The maximum atomic E-state index is 12.7. The number of aryl methyl sites for hydroxylation is 3. The van der Waals surface area contributed by atoms with Crippen LogP contribution in [0.1, 0.15) is 23.6 Å². The number of carbonyl (C=O) groups is 1. The number of rotatable bonds is 4. The molecule has 3 rings (SSSR count). The Morgan fingerprint density at radius 2 is 1.67 bits per heavy atom. The highest BCUT2D eigenvalue weighted by Gasteiger charge is 2.23. The predicted octanol–water partition coefficient (Wildman–Crippen LogP) is 4.36. The first-order valence-corrected chi connectivity index (χ1v) is 9.60. The van der Waals surface area contributed by atoms with Gasteiger partial charge in [0, 0.05) is 31.9 Å². The van der Waals surface area contributed by atoms with Crippen molar-refractivity contribution in [1.82, 2.24) is 4.90 Å². The van der Waals surface area contributed by atoms with Crippen molar-refractivity contribution in [1.29, 1.82) is 0 Å². The van der Waals surface area contributed by atoms with Crippen LogP contribution >= 0.6 is 0 Å². The van der Waals surface area contributed by atoms with Crippen LogP contribution in [-0.2, 0) is 0 Å². The molecular weight excluding hydrogens is 338 g/mol. The molecule has 0 aliphatic carbocycles. The fourth-order valence-corrected chi connectivity index (χ4v) is 3.85. The van der Waals surface area contributed by atoms with Crippen LogP contribution in [0.5, 0.6) is 5.75 Å². The van der Waals surface area contributed by atoms with Crippen molar-refractivity contribution in [2.75, 3.05) is 43.0 Å². The molecule has 1 fully saturated rings. The Balaban J connectivity index is 1.63. The Morgan fingerprint density at radius 1 is 1.04 bits per heavy atom. The number of nitrogens with one attached hydrogen (secondary N) is 1. The van der Waals surface area contributed by atoms with Gasteiger partial charge in [-0.1, -0.05) is 29.8 Å². The average molecular weight is 367 g/mol. The van der Waals surface area contributed by atoms with Crippen LogP contribution < -0.4 is 15.0 Å². The van der Waals surface area contributed by atoms with Crippen molar-refractivity contribution in [3.63, 3.8) is 0 Å². The molecule has 0 aromatic heterocycles. The summed E-state index contributed by atoms with van der Waals surface area (Å²) < 4.78 is 5.59. The summed E-state index contributed by atoms with van der Waals surface area (Å²) in [6.07, 6.45) is 0. The van der Waals surface area contributed by atoms with Gasteiger partial charge in [-0.15, -0.1) is 0 Å². The van der Waals surface area contributed by atoms with Crippen LogP contribution in [0.3, 0.4) is 0 Å². The van der Waals surface area contributed by atoms with Crippen LogP contribution in [0.2, 0.25) is 0 Å². The number of anilines is 2. The summed E-state index contributed by atoms with van der Waals surface area (Å²) in [5.41, 5.74) is 5.92. The first kappa shape index (κ1) is 19.1. The number of amides is 2. The lowest BCUT2D eigenvalue weighted by atomic mass is 10.0. The van der Waals surface area contributed by atoms with E-state index in [4.69, 9.17) is 4.74 Å². The second-order valence-corrected chi connectivity index (χ2v) is 7.08. The minimum absolute atomic E-state index is 0.0702. The first-order valence-electron chi connectivity index (χ1n) is 9.60. The Morgan fingerprint density at radius 3 is 2.30 bits per heavy atom. The van der Waals surface area contributed by atoms with Crippen molar-refractivity contribution >= 4 is 17.4 Å². The van der Waals surface area contributed by atoms with E-state index >= 15 is 0 Å². The fourth-order valence-electron chi connectivity index (χ4n) is 3.85. The zero-order valence-electron chi connectivity index (χ0n) is 16.7. The normalized spacial score (nSPS) is 14.2. The highest BCUT2D eigenvalue weighted by Crippen LogP contribution is 2.28. The van der Waals surface area contributed by atoms with E-state index in [2.05, 4.69) is 43.1 Å². The zero-order valence-corrected chi connectivity index (χ0v) is 16.7. The molecule has 2 aromatic rings. The van der Waals surface area contributed by atoms with E-state index in [-0.39, 0.29) is 6.03 Å². The fraction of sp³-hybridized carbons (Fsp3) is 0.409. The second kappa shape index (κ2) is 8.33. The van der Waals surface area contributed by atoms with Gasteiger partial charge in [0.15, 0.2) is 0 Å². The minimum Gasteiger partial charge on any atom is -0.492 e. The van der Waals surface area contributed by atoms with Crippen molar-refractivity contribution in [3.8, 4) is 5.75 Å². The quantitative estimate of drug-likeness (QED) is 0.873. The molecule has 144 valence electrons. The number of ether oxygens (including phenoxy) is 1. The SMILES string of the molecule is CCOc1ccccc1NC(=O)N1CCN(c2c(C)cc(C)cc2C)CC1. The minimum atomic E-state index is -0.0702. The Kier molecular flexibility index (Phi) is 5.89. The standard InChI is InChI=1S/C22H29N3O2/c1-5-27-20-9-7-6-8-19(20)23-22(26)25-12-10-24(11-13-25)21-17(3)14-16(2)15-18(21)4/h6-9,14-15H,5,10-13H2,1-4H3,(H,23,26). The predicted molar refractivity (Wildman–Crippen MR) is 111 cm³/mol. The number of para-hydroxylation sites is 2. The Hall–Kier alpha value is -2.69. The number of urea groups is 1. The second-order valence-electron chi connectivity index (χ2n) is 7.08. The number of nitrogens with zero attached hydrogens (tertiary/aromatic N) is 2. The number of benzene rings is 2. The lowest BCUT2D eigenvalue weighted by Crippen LogP contribution is -2.50. The van der Waals surface area contributed by atoms with Crippen molar-refractivity contribution < 1.29 is 9.53 Å². The van der Waals surface area contributed by atoms with E-state index in [1.807, 2.05) is 36.1 Å². The first-order chi connectivity index (χ1) is 13.0. The van der Waals surface area contributed by atoms with E-state index < -0.39 is 0 Å². The molecular formula is C22H29N3O2. The lowest BCUT2D eigenvalue weighted by molar-refractivity contribution is 0.208. The smallest absolute Gasteiger partial charge is 0.322 e. The van der Waals surface area contributed by atoms with Gasteiger partial charge in [-0.3, -0.25) is 0 Å². The van der Waals surface area contributed by atoms with Gasteiger partial charge in [0.05, 0.1) is 12.3 Å². The maximum Gasteiger partial charge on any atom is 0.322 e. The molecule has 0 bridgehead atoms. The molecule has 5 nitrogen and oxygen atoms in total. The molecule has 1 aliphatic rings. The average Bonchev–Trinajstić information content (AvgIpc) is 2.63. The molecule has 5 heteroatoms. The van der Waals surface area contributed by atoms with Gasteiger partial charge in [0.2, 0.25) is 0 Å². The van der Waals surface area contributed by atoms with Crippen LogP contribution in [0.15, 0.2) is 36.4 Å². The monoisotopic (exact) mass is 367 g/mol. The zero-order chi connectivity index (χ0) is 19.4. The Labute approximate surface area is 161 Å². The van der Waals surface area contributed by atoms with Gasteiger partial charge < -0.3 is 19.9 Å². The summed E-state index contributed by atoms with van der Waals surface area (Å²) in [4.78, 5) is 17.0. The van der Waals surface area contributed by atoms with E-state index in [1.165, 1.54) is 22.4 Å². The van der Waals surface area contributed by atoms with Gasteiger partial charge >= 0.3 is 6.03 Å². The van der Waals surface area contributed by atoms with Crippen molar-refractivity contribution in [2.45, 2.75) is 27.7 Å². The summed E-state index contributed by atoms with van der Waals surface area (Å²) in [5, 5.41) is 2.99. The van der Waals surface area contributed by atoms with E-state index in [9.17, 15) is 4.79 Å². The largest absolute Gasteiger partial charge is 0.492 e. The third-order valence-corrected chi connectivity index (χ3v) is 4.95. The third kappa shape index (κ3) is 4.35. The number of hydrogen-bond donors (Lipinski definition) is 1. The summed E-state index contributed by atoms with van der Waals surface area (Å²) in [7, 11) is 0. The Bertz CT molecular complexity index is 788. The highest BCUT2D eigenvalue weighted by atomic mass is 16.5. The van der Waals surface area contributed by atoms with Crippen LogP contribution in [-0.4, -0.2) is 43.7 Å². The van der Waals surface area contributed by atoms with Crippen LogP contribution in [0.25, 0.3) is 0 Å². The van der Waals surface area contributed by atoms with Crippen LogP contribution in [0.4, 0.5) is 16.2 Å². The van der Waals surface area contributed by atoms with Gasteiger partial charge in [-0.2, -0.15) is 0 Å². The van der Waals surface area contributed by atoms with Crippen molar-refractivity contribution in [2.24, 2.45) is 0 Å². The molecule has 1 N–H and O–H groups in total. The molecule has 0 saturated carbocycles. The molecule has 2 amide bonds. The van der Waals surface area contributed by atoms with E-state index in [1.54, 1.807) is 0 Å². The molecule has 0 radical (unpaired) electrons. The third-order valence-electron chi connectivity index (χ3n) is 4.95. The summed E-state index contributed by atoms with van der Waals surface area (Å²) in [6, 6.07) is 11.9. The molecule has 1 aliphatic heterocycles. The van der Waals surface area contributed by atoms with E-state index in [0.717, 1.165) is 18.8 Å². The molecule has 1 heterocycles. The lowest BCUT2D eigenvalue weighted by Gasteiger charge is -2.37. The van der Waals surface area contributed by atoms with Gasteiger partial charge in [-0.25, -0.2) is 4.79 Å². The number of piperazine rings is 1. The summed E-state index contributed by atoms with van der Waals surface area (Å²) in [6.45, 7) is 12.1. The molecule has 2 aromatic carbocycles. The van der Waals surface area contributed by atoms with Gasteiger partial charge in [-0.05, 0) is 51.0 Å². The molecule has 0 spiro atoms. The van der Waals surface area contributed by atoms with Crippen molar-refractivity contribution in [3.05, 3.63) is 53.1 Å². The molecule has 0 unspecified atom stereocenters. The summed E-state index contributed by atoms with van der Waals surface area (Å²) in [5.74, 6) is 0.706. The molecule has 27 heavy (non-hydrogen) atoms. The molecule has 0 atom stereocenters. The maximum absolute atomic E-state index is 12.7. The molecule has 1 saturated heterocycles. The van der Waals surface area contributed by atoms with E-state index in [0.29, 0.717) is 25.4 Å². The van der Waals surface area contributed by atoms with Gasteiger partial charge in [0.1, 0.15) is 5.75 Å². The van der Waals surface area contributed by atoms with Gasteiger partial charge in [0.25, 0.3) is 0 Å². The number of hydrogen-bond acceptors (Lipinski definition) is 3. The summed E-state index contributed by atoms with van der Waals surface area (Å²) >= 11 is 0. The topological polar surface area (TPSA) is 44.8 Å².